The standard InChI is InChI=1S/C21H21BrF4O/c1-2-27-17-9-7-14(8-10-17)13-3-5-15(6-4-13)16-11-18(23)20(19(24)12-16)21(22,25)26/h3-6,11-12,14,17H,2,7-10H2,1H3. The monoisotopic (exact) mass is 444 g/mol. The summed E-state index contributed by atoms with van der Waals surface area (Å²) < 4.78 is 60.2. The van der Waals surface area contributed by atoms with Gasteiger partial charge in [0.1, 0.15) is 17.2 Å². The molecule has 1 nitrogen and oxygen atoms in total. The van der Waals surface area contributed by atoms with Crippen LogP contribution < -0.4 is 0 Å². The zero-order valence-corrected chi connectivity index (χ0v) is 16.5. The minimum atomic E-state index is -3.75. The summed E-state index contributed by atoms with van der Waals surface area (Å²) >= 11 is 2.01. The number of hydrogen-bond acceptors (Lipinski definition) is 1. The summed E-state index contributed by atoms with van der Waals surface area (Å²) in [5.74, 6) is -2.10. The smallest absolute Gasteiger partial charge is 0.332 e. The zero-order valence-electron chi connectivity index (χ0n) is 15.0. The van der Waals surface area contributed by atoms with E-state index in [-0.39, 0.29) is 5.56 Å². The van der Waals surface area contributed by atoms with Gasteiger partial charge in [-0.05, 0) is 83.3 Å². The Kier molecular flexibility index (Phi) is 6.26. The van der Waals surface area contributed by atoms with Crippen molar-refractivity contribution in [1.82, 2.24) is 0 Å². The lowest BCUT2D eigenvalue weighted by molar-refractivity contribution is 0.0328. The van der Waals surface area contributed by atoms with Crippen molar-refractivity contribution in [2.75, 3.05) is 6.61 Å². The van der Waals surface area contributed by atoms with E-state index in [1.165, 1.54) is 5.56 Å². The number of halogens is 5. The molecule has 2 aromatic rings. The van der Waals surface area contributed by atoms with E-state index in [0.717, 1.165) is 44.4 Å². The van der Waals surface area contributed by atoms with Gasteiger partial charge in [0.2, 0.25) is 0 Å². The molecule has 0 spiro atoms. The van der Waals surface area contributed by atoms with Crippen LogP contribution in [-0.2, 0) is 9.57 Å². The van der Waals surface area contributed by atoms with E-state index < -0.39 is 22.0 Å². The molecule has 0 N–H and O–H groups in total. The molecule has 0 radical (unpaired) electrons. The van der Waals surface area contributed by atoms with Gasteiger partial charge in [0, 0.05) is 6.61 Å². The third kappa shape index (κ3) is 4.72. The largest absolute Gasteiger partial charge is 0.379 e. The number of hydrogen-bond donors (Lipinski definition) is 0. The van der Waals surface area contributed by atoms with Gasteiger partial charge in [-0.15, -0.1) is 0 Å². The molecule has 3 rings (SSSR count). The summed E-state index contributed by atoms with van der Waals surface area (Å²) in [6.45, 7) is 2.74. The lowest BCUT2D eigenvalue weighted by Gasteiger charge is -2.28. The second-order valence-corrected chi connectivity index (χ2v) is 7.86. The van der Waals surface area contributed by atoms with E-state index in [9.17, 15) is 17.6 Å². The molecule has 0 atom stereocenters. The molecule has 0 amide bonds. The maximum absolute atomic E-state index is 14.0. The number of rotatable bonds is 5. The van der Waals surface area contributed by atoms with Crippen LogP contribution in [0.15, 0.2) is 36.4 Å². The molecule has 0 aromatic heterocycles. The molecule has 1 fully saturated rings. The van der Waals surface area contributed by atoms with Crippen molar-refractivity contribution >= 4 is 15.9 Å². The molecule has 1 aliphatic carbocycles. The van der Waals surface area contributed by atoms with Crippen LogP contribution in [0.3, 0.4) is 0 Å². The number of alkyl halides is 3. The van der Waals surface area contributed by atoms with E-state index in [1.807, 2.05) is 35.0 Å². The van der Waals surface area contributed by atoms with Crippen LogP contribution in [0.2, 0.25) is 0 Å². The molecule has 27 heavy (non-hydrogen) atoms. The Bertz CT molecular complexity index is 755. The highest BCUT2D eigenvalue weighted by Gasteiger charge is 2.35. The average molecular weight is 445 g/mol. The first-order valence-electron chi connectivity index (χ1n) is 9.07. The van der Waals surface area contributed by atoms with Crippen LogP contribution in [0.5, 0.6) is 0 Å². The topological polar surface area (TPSA) is 9.23 Å². The number of benzene rings is 2. The molecule has 0 saturated heterocycles. The van der Waals surface area contributed by atoms with Gasteiger partial charge in [0.05, 0.1) is 6.10 Å². The van der Waals surface area contributed by atoms with Gasteiger partial charge in [-0.25, -0.2) is 8.78 Å². The van der Waals surface area contributed by atoms with E-state index in [4.69, 9.17) is 4.74 Å². The van der Waals surface area contributed by atoms with Gasteiger partial charge in [-0.2, -0.15) is 8.78 Å². The first-order chi connectivity index (χ1) is 12.8. The molecule has 0 unspecified atom stereocenters. The Morgan fingerprint density at radius 2 is 1.52 bits per heavy atom. The normalized spacial score (nSPS) is 20.7. The predicted molar refractivity (Wildman–Crippen MR) is 101 cm³/mol. The van der Waals surface area contributed by atoms with Gasteiger partial charge in [-0.3, -0.25) is 0 Å². The van der Waals surface area contributed by atoms with Gasteiger partial charge in [0.25, 0.3) is 0 Å². The van der Waals surface area contributed by atoms with Gasteiger partial charge in [-0.1, -0.05) is 24.3 Å². The van der Waals surface area contributed by atoms with Crippen molar-refractivity contribution in [3.8, 4) is 11.1 Å². The molecule has 1 saturated carbocycles. The molecule has 146 valence electrons. The maximum Gasteiger partial charge on any atom is 0.332 e. The second kappa shape index (κ2) is 8.31. The molecule has 2 aromatic carbocycles. The van der Waals surface area contributed by atoms with Gasteiger partial charge in [0.15, 0.2) is 0 Å². The summed E-state index contributed by atoms with van der Waals surface area (Å²) in [4.78, 5) is -3.75. The third-order valence-electron chi connectivity index (χ3n) is 5.12. The fourth-order valence-corrected chi connectivity index (χ4v) is 4.14. The minimum Gasteiger partial charge on any atom is -0.379 e. The average Bonchev–Trinajstić information content (AvgIpc) is 2.61. The van der Waals surface area contributed by atoms with Gasteiger partial charge < -0.3 is 4.74 Å². The van der Waals surface area contributed by atoms with Crippen LogP contribution in [0.4, 0.5) is 17.6 Å². The molecular formula is C21H21BrF4O. The highest BCUT2D eigenvalue weighted by atomic mass is 79.9. The Morgan fingerprint density at radius 1 is 0.963 bits per heavy atom. The van der Waals surface area contributed by atoms with Crippen molar-refractivity contribution < 1.29 is 22.3 Å². The Hall–Kier alpha value is -1.40. The first-order valence-corrected chi connectivity index (χ1v) is 9.87. The zero-order chi connectivity index (χ0) is 19.6. The van der Waals surface area contributed by atoms with Crippen molar-refractivity contribution in [1.29, 1.82) is 0 Å². The van der Waals surface area contributed by atoms with E-state index >= 15 is 0 Å². The summed E-state index contributed by atoms with van der Waals surface area (Å²) in [7, 11) is 0. The Balaban J connectivity index is 1.76. The van der Waals surface area contributed by atoms with Crippen LogP contribution in [0, 0.1) is 11.6 Å². The third-order valence-corrected chi connectivity index (χ3v) is 5.51. The van der Waals surface area contributed by atoms with Crippen LogP contribution in [0.25, 0.3) is 11.1 Å². The molecular weight excluding hydrogens is 424 g/mol. The van der Waals surface area contributed by atoms with Crippen LogP contribution in [0.1, 0.15) is 49.7 Å². The quantitative estimate of drug-likeness (QED) is 0.351. The van der Waals surface area contributed by atoms with E-state index in [2.05, 4.69) is 0 Å². The molecule has 0 aliphatic heterocycles. The highest BCUT2D eigenvalue weighted by Crippen LogP contribution is 2.40. The van der Waals surface area contributed by atoms with E-state index in [0.29, 0.717) is 17.6 Å². The lowest BCUT2D eigenvalue weighted by Crippen LogP contribution is -2.20. The van der Waals surface area contributed by atoms with Crippen LogP contribution >= 0.6 is 15.9 Å². The highest BCUT2D eigenvalue weighted by molar-refractivity contribution is 9.09. The SMILES string of the molecule is CCOC1CCC(c2ccc(-c3cc(F)c(C(F)(F)Br)c(F)c3)cc2)CC1. The lowest BCUT2D eigenvalue weighted by atomic mass is 9.82. The number of ether oxygens (including phenoxy) is 1. The second-order valence-electron chi connectivity index (χ2n) is 6.86. The summed E-state index contributed by atoms with van der Waals surface area (Å²) in [5, 5.41) is 0. The van der Waals surface area contributed by atoms with Crippen molar-refractivity contribution in [3.63, 3.8) is 0 Å². The Labute approximate surface area is 164 Å². The van der Waals surface area contributed by atoms with Gasteiger partial charge >= 0.3 is 4.83 Å². The molecule has 1 aliphatic rings. The summed E-state index contributed by atoms with van der Waals surface area (Å²) in [5.41, 5.74) is 0.730. The molecule has 0 heterocycles. The molecule has 6 heteroatoms. The maximum atomic E-state index is 14.0. The first kappa shape index (κ1) is 20.3. The fraction of sp³-hybridized carbons (Fsp3) is 0.429. The van der Waals surface area contributed by atoms with Crippen LogP contribution in [-0.4, -0.2) is 12.7 Å². The molecule has 0 bridgehead atoms. The summed E-state index contributed by atoms with van der Waals surface area (Å²) in [6.07, 6.45) is 4.48. The van der Waals surface area contributed by atoms with Crippen molar-refractivity contribution in [2.24, 2.45) is 0 Å². The van der Waals surface area contributed by atoms with Crippen molar-refractivity contribution in [3.05, 3.63) is 59.2 Å². The Morgan fingerprint density at radius 3 is 2.00 bits per heavy atom. The van der Waals surface area contributed by atoms with E-state index in [1.54, 1.807) is 12.1 Å². The van der Waals surface area contributed by atoms with Crippen molar-refractivity contribution in [2.45, 2.75) is 49.5 Å². The fourth-order valence-electron chi connectivity index (χ4n) is 3.76. The minimum absolute atomic E-state index is 0.233. The summed E-state index contributed by atoms with van der Waals surface area (Å²) in [6, 6.07) is 9.34. The predicted octanol–water partition coefficient (Wildman–Crippen LogP) is 7.14.